The molecule has 0 atom stereocenters. The van der Waals surface area contributed by atoms with E-state index in [1.54, 1.807) is 6.07 Å². The zero-order valence-corrected chi connectivity index (χ0v) is 11.7. The average Bonchev–Trinajstić information content (AvgIpc) is 2.32. The second kappa shape index (κ2) is 5.59. The van der Waals surface area contributed by atoms with Gasteiger partial charge in [-0.15, -0.1) is 0 Å². The molecule has 0 aliphatic rings. The minimum absolute atomic E-state index is 0.373. The van der Waals surface area contributed by atoms with Crippen LogP contribution in [0.1, 0.15) is 5.56 Å². The Bertz CT molecular complexity index is 575. The van der Waals surface area contributed by atoms with Gasteiger partial charge in [0, 0.05) is 17.6 Å². The SMILES string of the molecule is Nc1cc(F)c(Br)cc1NCc1cccc(Cl)c1. The third kappa shape index (κ3) is 3.15. The minimum atomic E-state index is -0.374. The number of anilines is 2. The fraction of sp³-hybridized carbons (Fsp3) is 0.0769. The zero-order chi connectivity index (χ0) is 13.1. The molecule has 2 nitrogen and oxygen atoms in total. The number of hydrogen-bond acceptors (Lipinski definition) is 2. The normalized spacial score (nSPS) is 10.4. The first-order valence-corrected chi connectivity index (χ1v) is 6.46. The highest BCUT2D eigenvalue weighted by Crippen LogP contribution is 2.27. The van der Waals surface area contributed by atoms with Crippen molar-refractivity contribution < 1.29 is 4.39 Å². The van der Waals surface area contributed by atoms with Gasteiger partial charge in [0.1, 0.15) is 5.82 Å². The molecular weight excluding hydrogens is 319 g/mol. The van der Waals surface area contributed by atoms with E-state index in [0.29, 0.717) is 27.4 Å². The quantitative estimate of drug-likeness (QED) is 0.817. The lowest BCUT2D eigenvalue weighted by Gasteiger charge is -2.10. The smallest absolute Gasteiger partial charge is 0.139 e. The molecule has 5 heteroatoms. The molecule has 18 heavy (non-hydrogen) atoms. The van der Waals surface area contributed by atoms with Gasteiger partial charge in [-0.05, 0) is 39.7 Å². The van der Waals surface area contributed by atoms with Crippen molar-refractivity contribution in [2.75, 3.05) is 11.1 Å². The highest BCUT2D eigenvalue weighted by Gasteiger charge is 2.05. The van der Waals surface area contributed by atoms with Crippen LogP contribution in [0.3, 0.4) is 0 Å². The van der Waals surface area contributed by atoms with Crippen molar-refractivity contribution in [2.45, 2.75) is 6.54 Å². The topological polar surface area (TPSA) is 38.0 Å². The maximum Gasteiger partial charge on any atom is 0.139 e. The van der Waals surface area contributed by atoms with Gasteiger partial charge in [-0.1, -0.05) is 23.7 Å². The summed E-state index contributed by atoms with van der Waals surface area (Å²) in [6.07, 6.45) is 0. The van der Waals surface area contributed by atoms with E-state index < -0.39 is 0 Å². The summed E-state index contributed by atoms with van der Waals surface area (Å²) < 4.78 is 13.6. The fourth-order valence-electron chi connectivity index (χ4n) is 1.56. The number of rotatable bonds is 3. The zero-order valence-electron chi connectivity index (χ0n) is 9.38. The lowest BCUT2D eigenvalue weighted by Crippen LogP contribution is -2.03. The third-order valence-corrected chi connectivity index (χ3v) is 3.31. The van der Waals surface area contributed by atoms with E-state index in [1.807, 2.05) is 24.3 Å². The molecule has 0 fully saturated rings. The van der Waals surface area contributed by atoms with Gasteiger partial charge in [0.25, 0.3) is 0 Å². The Morgan fingerprint density at radius 2 is 2.06 bits per heavy atom. The van der Waals surface area contributed by atoms with Crippen LogP contribution in [0, 0.1) is 5.82 Å². The number of hydrogen-bond donors (Lipinski definition) is 2. The number of benzene rings is 2. The van der Waals surface area contributed by atoms with Crippen molar-refractivity contribution in [3.8, 4) is 0 Å². The highest BCUT2D eigenvalue weighted by atomic mass is 79.9. The van der Waals surface area contributed by atoms with Gasteiger partial charge < -0.3 is 11.1 Å². The summed E-state index contributed by atoms with van der Waals surface area (Å²) in [4.78, 5) is 0. The van der Waals surface area contributed by atoms with Crippen LogP contribution in [-0.4, -0.2) is 0 Å². The van der Waals surface area contributed by atoms with E-state index in [2.05, 4.69) is 21.2 Å². The number of halogens is 3. The molecule has 0 amide bonds. The van der Waals surface area contributed by atoms with Crippen LogP contribution in [0.5, 0.6) is 0 Å². The Hall–Kier alpha value is -1.26. The molecule has 0 spiro atoms. The molecule has 0 unspecified atom stereocenters. The molecule has 2 aromatic carbocycles. The van der Waals surface area contributed by atoms with Gasteiger partial charge in [0.2, 0.25) is 0 Å². The summed E-state index contributed by atoms with van der Waals surface area (Å²) in [5.74, 6) is -0.374. The number of nitrogen functional groups attached to an aromatic ring is 1. The third-order valence-electron chi connectivity index (χ3n) is 2.46. The van der Waals surface area contributed by atoms with Gasteiger partial charge in [-0.2, -0.15) is 0 Å². The monoisotopic (exact) mass is 328 g/mol. The standard InChI is InChI=1S/C13H11BrClFN2/c14-10-5-13(12(17)6-11(10)16)18-7-8-2-1-3-9(15)4-8/h1-6,18H,7,17H2. The molecule has 0 aliphatic heterocycles. The molecular formula is C13H11BrClFN2. The van der Waals surface area contributed by atoms with Gasteiger partial charge >= 0.3 is 0 Å². The first-order chi connectivity index (χ1) is 8.56. The van der Waals surface area contributed by atoms with Crippen molar-refractivity contribution >= 4 is 38.9 Å². The Morgan fingerprint density at radius 1 is 1.28 bits per heavy atom. The minimum Gasteiger partial charge on any atom is -0.397 e. The molecule has 0 bridgehead atoms. The maximum absolute atomic E-state index is 13.2. The van der Waals surface area contributed by atoms with Crippen LogP contribution < -0.4 is 11.1 Å². The van der Waals surface area contributed by atoms with Crippen molar-refractivity contribution in [3.63, 3.8) is 0 Å². The lowest BCUT2D eigenvalue weighted by atomic mass is 10.2. The molecule has 0 saturated carbocycles. The lowest BCUT2D eigenvalue weighted by molar-refractivity contribution is 0.622. The largest absolute Gasteiger partial charge is 0.397 e. The van der Waals surface area contributed by atoms with E-state index in [0.717, 1.165) is 5.56 Å². The summed E-state index contributed by atoms with van der Waals surface area (Å²) in [5, 5.41) is 3.83. The van der Waals surface area contributed by atoms with Crippen molar-refractivity contribution in [1.82, 2.24) is 0 Å². The van der Waals surface area contributed by atoms with E-state index in [4.69, 9.17) is 17.3 Å². The summed E-state index contributed by atoms with van der Waals surface area (Å²) in [6.45, 7) is 0.572. The number of nitrogens with two attached hydrogens (primary N) is 1. The summed E-state index contributed by atoms with van der Waals surface area (Å²) >= 11 is 9.02. The van der Waals surface area contributed by atoms with Gasteiger partial charge in [0.15, 0.2) is 0 Å². The van der Waals surface area contributed by atoms with Crippen molar-refractivity contribution in [1.29, 1.82) is 0 Å². The van der Waals surface area contributed by atoms with Gasteiger partial charge in [-0.25, -0.2) is 4.39 Å². The van der Waals surface area contributed by atoms with E-state index in [-0.39, 0.29) is 5.82 Å². The summed E-state index contributed by atoms with van der Waals surface area (Å²) in [6, 6.07) is 10.4. The molecule has 2 aromatic rings. The van der Waals surface area contributed by atoms with Crippen LogP contribution in [0.25, 0.3) is 0 Å². The predicted octanol–water partition coefficient (Wildman–Crippen LogP) is 4.44. The summed E-state index contributed by atoms with van der Waals surface area (Å²) in [7, 11) is 0. The van der Waals surface area contributed by atoms with Gasteiger partial charge in [-0.3, -0.25) is 0 Å². The van der Waals surface area contributed by atoms with Crippen LogP contribution in [0.2, 0.25) is 5.02 Å². The first kappa shape index (κ1) is 13.2. The predicted molar refractivity (Wildman–Crippen MR) is 77.3 cm³/mol. The average molecular weight is 330 g/mol. The van der Waals surface area contributed by atoms with Gasteiger partial charge in [0.05, 0.1) is 15.8 Å². The molecule has 0 radical (unpaired) electrons. The molecule has 0 aliphatic carbocycles. The van der Waals surface area contributed by atoms with Crippen LogP contribution >= 0.6 is 27.5 Å². The molecule has 94 valence electrons. The van der Waals surface area contributed by atoms with E-state index in [9.17, 15) is 4.39 Å². The molecule has 0 saturated heterocycles. The highest BCUT2D eigenvalue weighted by molar-refractivity contribution is 9.10. The molecule has 2 rings (SSSR count). The molecule has 0 aromatic heterocycles. The second-order valence-corrected chi connectivity index (χ2v) is 5.13. The van der Waals surface area contributed by atoms with Crippen molar-refractivity contribution in [3.05, 3.63) is 57.3 Å². The van der Waals surface area contributed by atoms with Crippen LogP contribution in [-0.2, 0) is 6.54 Å². The first-order valence-electron chi connectivity index (χ1n) is 5.29. The van der Waals surface area contributed by atoms with Crippen LogP contribution in [0.15, 0.2) is 40.9 Å². The maximum atomic E-state index is 13.2. The molecule has 0 heterocycles. The fourth-order valence-corrected chi connectivity index (χ4v) is 2.12. The molecule has 3 N–H and O–H groups in total. The van der Waals surface area contributed by atoms with Crippen LogP contribution in [0.4, 0.5) is 15.8 Å². The van der Waals surface area contributed by atoms with Crippen molar-refractivity contribution in [2.24, 2.45) is 0 Å². The number of nitrogens with one attached hydrogen (secondary N) is 1. The Labute approximate surface area is 118 Å². The van der Waals surface area contributed by atoms with E-state index in [1.165, 1.54) is 6.07 Å². The Kier molecular flexibility index (Phi) is 4.09. The summed E-state index contributed by atoms with van der Waals surface area (Å²) in [5.41, 5.74) is 7.82. The Balaban J connectivity index is 2.13. The van der Waals surface area contributed by atoms with E-state index >= 15 is 0 Å². The second-order valence-electron chi connectivity index (χ2n) is 3.84. The Morgan fingerprint density at radius 3 is 2.78 bits per heavy atom.